The van der Waals surface area contributed by atoms with E-state index in [-0.39, 0.29) is 11.2 Å². The van der Waals surface area contributed by atoms with E-state index in [0.717, 1.165) is 12.1 Å². The lowest BCUT2D eigenvalue weighted by Crippen LogP contribution is -2.22. The fraction of sp³-hybridized carbons (Fsp3) is 0.333. The Morgan fingerprint density at radius 3 is 2.54 bits per heavy atom. The smallest absolute Gasteiger partial charge is 0.237 e. The van der Waals surface area contributed by atoms with Crippen molar-refractivity contribution < 1.29 is 4.79 Å². The van der Waals surface area contributed by atoms with Crippen LogP contribution in [0.2, 0.25) is 0 Å². The van der Waals surface area contributed by atoms with Crippen molar-refractivity contribution in [3.05, 3.63) is 46.9 Å². The second kappa shape index (κ2) is 7.93. The number of nitriles is 1. The van der Waals surface area contributed by atoms with E-state index in [4.69, 9.17) is 0 Å². The minimum absolute atomic E-state index is 0.123. The number of nitrogens with zero attached hydrogens (tertiary/aromatic N) is 3. The molecule has 24 heavy (non-hydrogen) atoms. The Hall–Kier alpha value is -2.39. The van der Waals surface area contributed by atoms with Crippen molar-refractivity contribution in [3.8, 4) is 6.07 Å². The Morgan fingerprint density at radius 2 is 1.96 bits per heavy atom. The third-order valence-corrected chi connectivity index (χ3v) is 4.65. The number of aromatic nitrogens is 2. The summed E-state index contributed by atoms with van der Waals surface area (Å²) in [5.41, 5.74) is 3.05. The molecular formula is C18H20N4OS. The molecule has 1 aromatic carbocycles. The van der Waals surface area contributed by atoms with Gasteiger partial charge in [-0.25, -0.2) is 9.97 Å². The molecule has 124 valence electrons. The molecule has 1 aromatic heterocycles. The average Bonchev–Trinajstić information content (AvgIpc) is 2.55. The highest BCUT2D eigenvalue weighted by Gasteiger charge is 2.19. The summed E-state index contributed by atoms with van der Waals surface area (Å²) in [5, 5.41) is 12.3. The van der Waals surface area contributed by atoms with Crippen LogP contribution in [0.4, 0.5) is 5.69 Å². The second-order valence-electron chi connectivity index (χ2n) is 5.45. The van der Waals surface area contributed by atoms with Crippen molar-refractivity contribution in [2.45, 2.75) is 44.4 Å². The van der Waals surface area contributed by atoms with E-state index < -0.39 is 0 Å². The van der Waals surface area contributed by atoms with Crippen LogP contribution in [0.5, 0.6) is 0 Å². The zero-order valence-electron chi connectivity index (χ0n) is 14.3. The Morgan fingerprint density at radius 1 is 1.29 bits per heavy atom. The van der Waals surface area contributed by atoms with Gasteiger partial charge in [0, 0.05) is 5.69 Å². The van der Waals surface area contributed by atoms with Crippen molar-refractivity contribution in [2.24, 2.45) is 0 Å². The Bertz CT molecular complexity index is 781. The molecule has 5 nitrogen and oxygen atoms in total. The van der Waals surface area contributed by atoms with Crippen LogP contribution in [0.15, 0.2) is 29.3 Å². The molecule has 0 aliphatic rings. The van der Waals surface area contributed by atoms with Crippen LogP contribution in [-0.4, -0.2) is 21.1 Å². The molecule has 0 bridgehead atoms. The largest absolute Gasteiger partial charge is 0.325 e. The number of hydrogen-bond donors (Lipinski definition) is 1. The summed E-state index contributed by atoms with van der Waals surface area (Å²) in [7, 11) is 0. The van der Waals surface area contributed by atoms with Crippen LogP contribution in [0.1, 0.15) is 36.5 Å². The molecule has 2 aromatic rings. The number of rotatable bonds is 5. The molecule has 0 spiro atoms. The molecule has 1 unspecified atom stereocenters. The average molecular weight is 340 g/mol. The van der Waals surface area contributed by atoms with E-state index in [1.54, 1.807) is 20.8 Å². The van der Waals surface area contributed by atoms with Crippen LogP contribution < -0.4 is 5.32 Å². The summed E-state index contributed by atoms with van der Waals surface area (Å²) >= 11 is 1.27. The van der Waals surface area contributed by atoms with E-state index in [1.807, 2.05) is 24.3 Å². The molecule has 0 aliphatic carbocycles. The predicted molar refractivity (Wildman–Crippen MR) is 96.0 cm³/mol. The minimum atomic E-state index is -0.378. The maximum atomic E-state index is 12.4. The number of carbonyl (C=O) groups excluding carboxylic acids is 1. The summed E-state index contributed by atoms with van der Waals surface area (Å²) < 4.78 is 0. The fourth-order valence-electron chi connectivity index (χ4n) is 2.18. The van der Waals surface area contributed by atoms with Gasteiger partial charge in [-0.1, -0.05) is 30.8 Å². The van der Waals surface area contributed by atoms with Gasteiger partial charge in [-0.3, -0.25) is 4.79 Å². The standard InChI is InChI=1S/C18H20N4OS/c1-5-14-6-8-15(9-7-14)22-17(23)12(3)24-18-16(10-19)11(2)20-13(4)21-18/h6-9,12H,5H2,1-4H3,(H,22,23). The van der Waals surface area contributed by atoms with Gasteiger partial charge in [0.1, 0.15) is 22.5 Å². The topological polar surface area (TPSA) is 78.7 Å². The van der Waals surface area contributed by atoms with Gasteiger partial charge in [0.15, 0.2) is 0 Å². The number of benzene rings is 1. The number of hydrogen-bond acceptors (Lipinski definition) is 5. The van der Waals surface area contributed by atoms with Crippen molar-refractivity contribution in [2.75, 3.05) is 5.32 Å². The maximum absolute atomic E-state index is 12.4. The first-order chi connectivity index (χ1) is 11.4. The summed E-state index contributed by atoms with van der Waals surface area (Å²) in [6, 6.07) is 9.91. The number of carbonyl (C=O) groups is 1. The van der Waals surface area contributed by atoms with Crippen molar-refractivity contribution >= 4 is 23.4 Å². The van der Waals surface area contributed by atoms with Gasteiger partial charge in [-0.15, -0.1) is 0 Å². The molecule has 0 radical (unpaired) electrons. The second-order valence-corrected chi connectivity index (χ2v) is 6.78. The Labute approximate surface area is 146 Å². The molecule has 1 heterocycles. The Balaban J connectivity index is 2.10. The molecule has 1 atom stereocenters. The lowest BCUT2D eigenvalue weighted by molar-refractivity contribution is -0.115. The summed E-state index contributed by atoms with van der Waals surface area (Å²) in [5.74, 6) is 0.471. The van der Waals surface area contributed by atoms with Gasteiger partial charge in [-0.05, 0) is 44.9 Å². The number of nitrogens with one attached hydrogen (secondary N) is 1. The van der Waals surface area contributed by atoms with Gasteiger partial charge in [0.05, 0.1) is 10.9 Å². The first kappa shape index (κ1) is 18.0. The van der Waals surface area contributed by atoms with Gasteiger partial charge < -0.3 is 5.32 Å². The highest BCUT2D eigenvalue weighted by Crippen LogP contribution is 2.27. The molecular weight excluding hydrogens is 320 g/mol. The number of anilines is 1. The lowest BCUT2D eigenvalue weighted by atomic mass is 10.1. The maximum Gasteiger partial charge on any atom is 0.237 e. The minimum Gasteiger partial charge on any atom is -0.325 e. The van der Waals surface area contributed by atoms with Crippen LogP contribution in [0.3, 0.4) is 0 Å². The van der Waals surface area contributed by atoms with E-state index in [0.29, 0.717) is 22.1 Å². The number of aryl methyl sites for hydroxylation is 3. The highest BCUT2D eigenvalue weighted by molar-refractivity contribution is 8.00. The van der Waals surface area contributed by atoms with E-state index in [1.165, 1.54) is 17.3 Å². The van der Waals surface area contributed by atoms with E-state index in [9.17, 15) is 10.1 Å². The van der Waals surface area contributed by atoms with Gasteiger partial charge in [-0.2, -0.15) is 5.26 Å². The summed E-state index contributed by atoms with van der Waals surface area (Å²) in [6.07, 6.45) is 0.962. The highest BCUT2D eigenvalue weighted by atomic mass is 32.2. The zero-order valence-corrected chi connectivity index (χ0v) is 15.1. The molecule has 0 aliphatic heterocycles. The van der Waals surface area contributed by atoms with E-state index in [2.05, 4.69) is 28.3 Å². The fourth-order valence-corrected chi connectivity index (χ4v) is 3.18. The summed E-state index contributed by atoms with van der Waals surface area (Å²) in [4.78, 5) is 20.9. The molecule has 2 rings (SSSR count). The molecule has 0 saturated heterocycles. The number of thioether (sulfide) groups is 1. The van der Waals surface area contributed by atoms with E-state index >= 15 is 0 Å². The molecule has 6 heteroatoms. The number of amides is 1. The van der Waals surface area contributed by atoms with Gasteiger partial charge in [0.25, 0.3) is 0 Å². The third kappa shape index (κ3) is 4.33. The predicted octanol–water partition coefficient (Wildman–Crippen LogP) is 3.65. The molecule has 1 amide bonds. The SMILES string of the molecule is CCc1ccc(NC(=O)C(C)Sc2nc(C)nc(C)c2C#N)cc1. The van der Waals surface area contributed by atoms with Crippen LogP contribution in [-0.2, 0) is 11.2 Å². The molecule has 0 saturated carbocycles. The van der Waals surface area contributed by atoms with Gasteiger partial charge in [0.2, 0.25) is 5.91 Å². The zero-order chi connectivity index (χ0) is 17.7. The lowest BCUT2D eigenvalue weighted by Gasteiger charge is -2.13. The van der Waals surface area contributed by atoms with Gasteiger partial charge >= 0.3 is 0 Å². The van der Waals surface area contributed by atoms with Crippen molar-refractivity contribution in [3.63, 3.8) is 0 Å². The van der Waals surface area contributed by atoms with Crippen LogP contribution >= 0.6 is 11.8 Å². The normalized spacial score (nSPS) is 11.6. The van der Waals surface area contributed by atoms with Crippen LogP contribution in [0.25, 0.3) is 0 Å². The summed E-state index contributed by atoms with van der Waals surface area (Å²) in [6.45, 7) is 7.44. The molecule has 1 N–H and O–H groups in total. The monoisotopic (exact) mass is 340 g/mol. The Kier molecular flexibility index (Phi) is 5.93. The van der Waals surface area contributed by atoms with Crippen LogP contribution in [0, 0.1) is 25.2 Å². The first-order valence-corrected chi connectivity index (χ1v) is 8.64. The van der Waals surface area contributed by atoms with Crippen molar-refractivity contribution in [1.82, 2.24) is 9.97 Å². The third-order valence-electron chi connectivity index (χ3n) is 3.57. The van der Waals surface area contributed by atoms with Crippen molar-refractivity contribution in [1.29, 1.82) is 5.26 Å². The first-order valence-electron chi connectivity index (χ1n) is 7.76. The molecule has 0 fully saturated rings. The quantitative estimate of drug-likeness (QED) is 0.664.